The average molecular weight is 249 g/mol. The molecule has 0 saturated heterocycles. The SMILES string of the molecule is CC1Cc2ccccc2N(c2ccc(C#N)nc2)C1. The molecule has 0 amide bonds. The molecule has 94 valence electrons. The molecule has 0 radical (unpaired) electrons. The smallest absolute Gasteiger partial charge is 0.140 e. The Balaban J connectivity index is 2.02. The first-order valence-corrected chi connectivity index (χ1v) is 6.49. The summed E-state index contributed by atoms with van der Waals surface area (Å²) in [6.45, 7) is 3.25. The number of hydrogen-bond acceptors (Lipinski definition) is 3. The third-order valence-electron chi connectivity index (χ3n) is 3.52. The first kappa shape index (κ1) is 11.7. The first-order valence-electron chi connectivity index (χ1n) is 6.49. The van der Waals surface area contributed by atoms with Crippen molar-refractivity contribution in [3.8, 4) is 6.07 Å². The number of aromatic nitrogens is 1. The predicted molar refractivity (Wildman–Crippen MR) is 75.3 cm³/mol. The highest BCUT2D eigenvalue weighted by molar-refractivity contribution is 5.67. The van der Waals surface area contributed by atoms with Crippen LogP contribution in [-0.2, 0) is 6.42 Å². The van der Waals surface area contributed by atoms with Crippen LogP contribution in [-0.4, -0.2) is 11.5 Å². The van der Waals surface area contributed by atoms with E-state index < -0.39 is 0 Å². The fourth-order valence-electron chi connectivity index (χ4n) is 2.65. The lowest BCUT2D eigenvalue weighted by molar-refractivity contribution is 0.562. The molecule has 0 spiro atoms. The van der Waals surface area contributed by atoms with Crippen LogP contribution in [0.4, 0.5) is 11.4 Å². The van der Waals surface area contributed by atoms with Crippen LogP contribution in [0.5, 0.6) is 0 Å². The quantitative estimate of drug-likeness (QED) is 0.778. The molecule has 0 aliphatic carbocycles. The molecule has 2 aromatic rings. The molecule has 0 bridgehead atoms. The Hall–Kier alpha value is -2.34. The standard InChI is InChI=1S/C16H15N3/c1-12-8-13-4-2-3-5-16(13)19(11-12)15-7-6-14(9-17)18-10-15/h2-7,10,12H,8,11H2,1H3. The van der Waals surface area contributed by atoms with Crippen molar-refractivity contribution in [1.82, 2.24) is 4.98 Å². The lowest BCUT2D eigenvalue weighted by atomic mass is 9.93. The fraction of sp³-hybridized carbons (Fsp3) is 0.250. The van der Waals surface area contributed by atoms with Gasteiger partial charge in [0.05, 0.1) is 11.9 Å². The second kappa shape index (κ2) is 4.74. The van der Waals surface area contributed by atoms with E-state index in [0.717, 1.165) is 18.7 Å². The molecule has 3 rings (SSSR count). The van der Waals surface area contributed by atoms with E-state index in [9.17, 15) is 0 Å². The van der Waals surface area contributed by atoms with Gasteiger partial charge < -0.3 is 4.90 Å². The van der Waals surface area contributed by atoms with E-state index in [-0.39, 0.29) is 0 Å². The van der Waals surface area contributed by atoms with Crippen molar-refractivity contribution in [2.24, 2.45) is 5.92 Å². The van der Waals surface area contributed by atoms with Gasteiger partial charge in [0, 0.05) is 12.2 Å². The van der Waals surface area contributed by atoms with Gasteiger partial charge in [0.15, 0.2) is 0 Å². The highest BCUT2D eigenvalue weighted by atomic mass is 15.2. The van der Waals surface area contributed by atoms with Crippen LogP contribution in [0.15, 0.2) is 42.6 Å². The van der Waals surface area contributed by atoms with Gasteiger partial charge in [-0.05, 0) is 36.1 Å². The Labute approximate surface area is 113 Å². The summed E-state index contributed by atoms with van der Waals surface area (Å²) in [6.07, 6.45) is 2.91. The summed E-state index contributed by atoms with van der Waals surface area (Å²) in [7, 11) is 0. The normalized spacial score (nSPS) is 17.7. The summed E-state index contributed by atoms with van der Waals surface area (Å²) in [5.41, 5.74) is 4.15. The van der Waals surface area contributed by atoms with E-state index in [1.54, 1.807) is 12.3 Å². The molecule has 1 atom stereocenters. The Kier molecular flexibility index (Phi) is 2.92. The molecule has 2 heterocycles. The van der Waals surface area contributed by atoms with Crippen LogP contribution >= 0.6 is 0 Å². The van der Waals surface area contributed by atoms with Crippen molar-refractivity contribution in [2.45, 2.75) is 13.3 Å². The van der Waals surface area contributed by atoms with Crippen molar-refractivity contribution in [1.29, 1.82) is 5.26 Å². The zero-order chi connectivity index (χ0) is 13.2. The number of para-hydroxylation sites is 1. The summed E-state index contributed by atoms with van der Waals surface area (Å²) < 4.78 is 0. The van der Waals surface area contributed by atoms with Gasteiger partial charge in [0.25, 0.3) is 0 Å². The van der Waals surface area contributed by atoms with Gasteiger partial charge in [0.2, 0.25) is 0 Å². The van der Waals surface area contributed by atoms with Crippen LogP contribution in [0, 0.1) is 17.2 Å². The number of pyridine rings is 1. The number of anilines is 2. The average Bonchev–Trinajstić information content (AvgIpc) is 2.46. The Morgan fingerprint density at radius 3 is 2.84 bits per heavy atom. The summed E-state index contributed by atoms with van der Waals surface area (Å²) >= 11 is 0. The van der Waals surface area contributed by atoms with Crippen LogP contribution in [0.3, 0.4) is 0 Å². The molecule has 0 fully saturated rings. The van der Waals surface area contributed by atoms with Crippen molar-refractivity contribution in [2.75, 3.05) is 11.4 Å². The van der Waals surface area contributed by atoms with Gasteiger partial charge in [0.1, 0.15) is 11.8 Å². The minimum absolute atomic E-state index is 0.460. The van der Waals surface area contributed by atoms with E-state index in [4.69, 9.17) is 5.26 Å². The highest BCUT2D eigenvalue weighted by Gasteiger charge is 2.22. The molecule has 1 aliphatic rings. The summed E-state index contributed by atoms with van der Waals surface area (Å²) in [4.78, 5) is 6.46. The van der Waals surface area contributed by atoms with E-state index >= 15 is 0 Å². The molecule has 1 aromatic heterocycles. The van der Waals surface area contributed by atoms with E-state index in [2.05, 4.69) is 47.1 Å². The molecule has 0 saturated carbocycles. The molecule has 1 aromatic carbocycles. The van der Waals surface area contributed by atoms with Gasteiger partial charge >= 0.3 is 0 Å². The number of benzene rings is 1. The van der Waals surface area contributed by atoms with E-state index in [1.165, 1.54) is 11.3 Å². The molecule has 3 heteroatoms. The van der Waals surface area contributed by atoms with Crippen LogP contribution in [0.2, 0.25) is 0 Å². The van der Waals surface area contributed by atoms with E-state index in [0.29, 0.717) is 11.6 Å². The molecule has 19 heavy (non-hydrogen) atoms. The molecular formula is C16H15N3. The predicted octanol–water partition coefficient (Wildman–Crippen LogP) is 3.28. The summed E-state index contributed by atoms with van der Waals surface area (Å²) in [5, 5.41) is 8.81. The van der Waals surface area contributed by atoms with Gasteiger partial charge in [-0.2, -0.15) is 5.26 Å². The number of nitrogens with zero attached hydrogens (tertiary/aromatic N) is 3. The number of fused-ring (bicyclic) bond motifs is 1. The summed E-state index contributed by atoms with van der Waals surface area (Å²) in [6, 6.07) is 14.3. The Morgan fingerprint density at radius 2 is 2.11 bits per heavy atom. The molecule has 1 aliphatic heterocycles. The van der Waals surface area contributed by atoms with Gasteiger partial charge in [-0.25, -0.2) is 4.98 Å². The van der Waals surface area contributed by atoms with Crippen molar-refractivity contribution >= 4 is 11.4 Å². The zero-order valence-corrected chi connectivity index (χ0v) is 10.9. The van der Waals surface area contributed by atoms with Crippen LogP contribution < -0.4 is 4.90 Å². The van der Waals surface area contributed by atoms with Gasteiger partial charge in [-0.15, -0.1) is 0 Å². The maximum absolute atomic E-state index is 8.81. The molecular weight excluding hydrogens is 234 g/mol. The van der Waals surface area contributed by atoms with Crippen LogP contribution in [0.1, 0.15) is 18.2 Å². The minimum atomic E-state index is 0.460. The second-order valence-electron chi connectivity index (χ2n) is 5.06. The first-order chi connectivity index (χ1) is 9.28. The molecule has 0 N–H and O–H groups in total. The van der Waals surface area contributed by atoms with Crippen LogP contribution in [0.25, 0.3) is 0 Å². The highest BCUT2D eigenvalue weighted by Crippen LogP contribution is 2.34. The number of hydrogen-bond donors (Lipinski definition) is 0. The third kappa shape index (κ3) is 2.17. The third-order valence-corrected chi connectivity index (χ3v) is 3.52. The van der Waals surface area contributed by atoms with Crippen molar-refractivity contribution < 1.29 is 0 Å². The van der Waals surface area contributed by atoms with Crippen molar-refractivity contribution in [3.05, 3.63) is 53.9 Å². The molecule has 3 nitrogen and oxygen atoms in total. The van der Waals surface area contributed by atoms with Crippen molar-refractivity contribution in [3.63, 3.8) is 0 Å². The maximum Gasteiger partial charge on any atom is 0.140 e. The Bertz CT molecular complexity index is 625. The minimum Gasteiger partial charge on any atom is -0.340 e. The Morgan fingerprint density at radius 1 is 1.26 bits per heavy atom. The zero-order valence-electron chi connectivity index (χ0n) is 10.9. The topological polar surface area (TPSA) is 39.9 Å². The maximum atomic E-state index is 8.81. The monoisotopic (exact) mass is 249 g/mol. The van der Waals surface area contributed by atoms with E-state index in [1.807, 2.05) is 6.07 Å². The fourth-order valence-corrected chi connectivity index (χ4v) is 2.65. The van der Waals surface area contributed by atoms with Gasteiger partial charge in [-0.1, -0.05) is 25.1 Å². The number of nitriles is 1. The summed E-state index contributed by atoms with van der Waals surface area (Å²) in [5.74, 6) is 0.616. The molecule has 1 unspecified atom stereocenters. The van der Waals surface area contributed by atoms with Gasteiger partial charge in [-0.3, -0.25) is 0 Å². The lowest BCUT2D eigenvalue weighted by Gasteiger charge is -2.34. The number of rotatable bonds is 1. The second-order valence-corrected chi connectivity index (χ2v) is 5.06. The lowest BCUT2D eigenvalue weighted by Crippen LogP contribution is -2.30. The largest absolute Gasteiger partial charge is 0.340 e.